The predicted octanol–water partition coefficient (Wildman–Crippen LogP) is 2.12. The first-order valence-electron chi connectivity index (χ1n) is 7.78. The molecule has 0 aliphatic heterocycles. The predicted molar refractivity (Wildman–Crippen MR) is 101 cm³/mol. The highest BCUT2D eigenvalue weighted by Gasteiger charge is 2.15. The smallest absolute Gasteiger partial charge is 0.275 e. The normalized spacial score (nSPS) is 12.2. The van der Waals surface area contributed by atoms with Crippen molar-refractivity contribution < 1.29 is 14.4 Å². The fourth-order valence-electron chi connectivity index (χ4n) is 2.38. The molecule has 0 saturated carbocycles. The molecule has 2 rings (SSSR count). The van der Waals surface area contributed by atoms with E-state index in [0.29, 0.717) is 13.1 Å². The SMILES string of the molecule is COc1ccc(Br)cc1-c1nc(C[NH+](C)CC(=O)NC(C)C)cs1. The van der Waals surface area contributed by atoms with E-state index in [1.165, 1.54) is 0 Å². The lowest BCUT2D eigenvalue weighted by Crippen LogP contribution is -3.09. The third-order valence-electron chi connectivity index (χ3n) is 3.34. The molecule has 24 heavy (non-hydrogen) atoms. The van der Waals surface area contributed by atoms with Crippen LogP contribution in [0.5, 0.6) is 5.75 Å². The van der Waals surface area contributed by atoms with E-state index >= 15 is 0 Å². The maximum Gasteiger partial charge on any atom is 0.275 e. The Hall–Kier alpha value is -1.44. The van der Waals surface area contributed by atoms with Crippen molar-refractivity contribution in [1.82, 2.24) is 10.3 Å². The van der Waals surface area contributed by atoms with Gasteiger partial charge in [-0.2, -0.15) is 0 Å². The van der Waals surface area contributed by atoms with Crippen molar-refractivity contribution in [2.24, 2.45) is 0 Å². The van der Waals surface area contributed by atoms with Gasteiger partial charge in [0.15, 0.2) is 6.54 Å². The Morgan fingerprint density at radius 3 is 2.88 bits per heavy atom. The number of nitrogens with zero attached hydrogens (tertiary/aromatic N) is 1. The van der Waals surface area contributed by atoms with Crippen molar-refractivity contribution >= 4 is 33.2 Å². The summed E-state index contributed by atoms with van der Waals surface area (Å²) in [5.74, 6) is 0.864. The first-order chi connectivity index (χ1) is 11.4. The summed E-state index contributed by atoms with van der Waals surface area (Å²) in [5, 5.41) is 5.87. The molecule has 2 N–H and O–H groups in total. The monoisotopic (exact) mass is 412 g/mol. The molecule has 1 unspecified atom stereocenters. The van der Waals surface area contributed by atoms with Crippen molar-refractivity contribution in [2.75, 3.05) is 20.7 Å². The fourth-order valence-corrected chi connectivity index (χ4v) is 3.58. The number of hydrogen-bond donors (Lipinski definition) is 2. The second-order valence-electron chi connectivity index (χ2n) is 6.02. The van der Waals surface area contributed by atoms with Crippen molar-refractivity contribution in [3.63, 3.8) is 0 Å². The molecule has 130 valence electrons. The Bertz CT molecular complexity index is 703. The quantitative estimate of drug-likeness (QED) is 0.731. The van der Waals surface area contributed by atoms with Crippen molar-refractivity contribution in [3.05, 3.63) is 33.7 Å². The number of carbonyl (C=O) groups excluding carboxylic acids is 1. The molecule has 1 aromatic heterocycles. The van der Waals surface area contributed by atoms with Crippen LogP contribution in [0.25, 0.3) is 10.6 Å². The van der Waals surface area contributed by atoms with Crippen molar-refractivity contribution in [1.29, 1.82) is 0 Å². The number of thiazole rings is 1. The fraction of sp³-hybridized carbons (Fsp3) is 0.412. The minimum atomic E-state index is 0.0617. The summed E-state index contributed by atoms with van der Waals surface area (Å²) in [6.07, 6.45) is 0. The van der Waals surface area contributed by atoms with Crippen LogP contribution in [-0.4, -0.2) is 37.6 Å². The van der Waals surface area contributed by atoms with Gasteiger partial charge in [-0.05, 0) is 32.0 Å². The van der Waals surface area contributed by atoms with E-state index < -0.39 is 0 Å². The molecule has 0 spiro atoms. The second kappa shape index (κ2) is 8.60. The maximum atomic E-state index is 11.8. The molecule has 1 aromatic carbocycles. The maximum absolute atomic E-state index is 11.8. The molecule has 0 aliphatic carbocycles. The van der Waals surface area contributed by atoms with Crippen LogP contribution in [0.3, 0.4) is 0 Å². The first-order valence-corrected chi connectivity index (χ1v) is 9.45. The number of aromatic nitrogens is 1. The lowest BCUT2D eigenvalue weighted by Gasteiger charge is -2.14. The Balaban J connectivity index is 2.06. The van der Waals surface area contributed by atoms with Crippen LogP contribution in [-0.2, 0) is 11.3 Å². The van der Waals surface area contributed by atoms with Gasteiger partial charge in [-0.25, -0.2) is 4.98 Å². The number of ether oxygens (including phenoxy) is 1. The molecule has 0 saturated heterocycles. The standard InChI is InChI=1S/C17H22BrN3O2S/c1-11(2)19-16(22)9-21(3)8-13-10-24-17(20-13)14-7-12(18)5-6-15(14)23-4/h5-7,10-11H,8-9H2,1-4H3,(H,19,22)/p+1. The van der Waals surface area contributed by atoms with Gasteiger partial charge in [0.1, 0.15) is 23.0 Å². The lowest BCUT2D eigenvalue weighted by atomic mass is 10.2. The number of rotatable bonds is 7. The van der Waals surface area contributed by atoms with Gasteiger partial charge in [-0.3, -0.25) is 4.79 Å². The Kier molecular flexibility index (Phi) is 6.77. The van der Waals surface area contributed by atoms with Crippen LogP contribution in [0.2, 0.25) is 0 Å². The first kappa shape index (κ1) is 18.9. The number of hydrogen-bond acceptors (Lipinski definition) is 4. The third-order valence-corrected chi connectivity index (χ3v) is 4.76. The minimum absolute atomic E-state index is 0.0617. The van der Waals surface area contributed by atoms with E-state index in [1.54, 1.807) is 18.4 Å². The molecule has 0 aliphatic rings. The van der Waals surface area contributed by atoms with E-state index in [0.717, 1.165) is 31.4 Å². The van der Waals surface area contributed by atoms with Gasteiger partial charge in [0.2, 0.25) is 0 Å². The van der Waals surface area contributed by atoms with E-state index in [9.17, 15) is 4.79 Å². The average Bonchev–Trinajstić information content (AvgIpc) is 2.94. The number of likely N-dealkylation sites (N-methyl/N-ethyl adjacent to an activating group) is 1. The van der Waals surface area contributed by atoms with Gasteiger partial charge in [-0.15, -0.1) is 11.3 Å². The van der Waals surface area contributed by atoms with Gasteiger partial charge in [0.05, 0.1) is 19.7 Å². The Labute approximate surface area is 155 Å². The van der Waals surface area contributed by atoms with Crippen molar-refractivity contribution in [2.45, 2.75) is 26.4 Å². The topological polar surface area (TPSA) is 55.7 Å². The summed E-state index contributed by atoms with van der Waals surface area (Å²) in [6, 6.07) is 6.05. The van der Waals surface area contributed by atoms with Crippen molar-refractivity contribution in [3.8, 4) is 16.3 Å². The Morgan fingerprint density at radius 2 is 2.21 bits per heavy atom. The molecule has 1 amide bonds. The van der Waals surface area contributed by atoms with Gasteiger partial charge in [-0.1, -0.05) is 15.9 Å². The Morgan fingerprint density at radius 1 is 1.46 bits per heavy atom. The number of nitrogens with one attached hydrogen (secondary N) is 2. The zero-order valence-electron chi connectivity index (χ0n) is 14.4. The molecule has 0 bridgehead atoms. The van der Waals surface area contributed by atoms with Crippen LogP contribution in [0, 0.1) is 0 Å². The number of amides is 1. The molecule has 0 radical (unpaired) electrons. The molecule has 0 fully saturated rings. The van der Waals surface area contributed by atoms with Gasteiger partial charge < -0.3 is 15.0 Å². The third kappa shape index (κ3) is 5.29. The number of quaternary nitrogens is 1. The molecule has 5 nitrogen and oxygen atoms in total. The summed E-state index contributed by atoms with van der Waals surface area (Å²) in [6.45, 7) is 5.07. The molecule has 2 aromatic rings. The summed E-state index contributed by atoms with van der Waals surface area (Å²) in [5.41, 5.74) is 1.95. The number of methoxy groups -OCH3 is 1. The minimum Gasteiger partial charge on any atom is -0.496 e. The highest BCUT2D eigenvalue weighted by molar-refractivity contribution is 9.10. The van der Waals surface area contributed by atoms with E-state index in [1.807, 2.05) is 44.5 Å². The lowest BCUT2D eigenvalue weighted by molar-refractivity contribution is -0.885. The second-order valence-corrected chi connectivity index (χ2v) is 7.80. The number of benzene rings is 1. The van der Waals surface area contributed by atoms with Crippen LogP contribution in [0.1, 0.15) is 19.5 Å². The van der Waals surface area contributed by atoms with Crippen LogP contribution in [0.4, 0.5) is 0 Å². The zero-order chi connectivity index (χ0) is 17.7. The molecular weight excluding hydrogens is 390 g/mol. The molecule has 7 heteroatoms. The van der Waals surface area contributed by atoms with E-state index in [2.05, 4.69) is 21.2 Å². The number of carbonyl (C=O) groups is 1. The summed E-state index contributed by atoms with van der Waals surface area (Å²) < 4.78 is 6.41. The largest absolute Gasteiger partial charge is 0.496 e. The van der Waals surface area contributed by atoms with Crippen LogP contribution < -0.4 is 15.0 Å². The van der Waals surface area contributed by atoms with Gasteiger partial charge >= 0.3 is 0 Å². The highest BCUT2D eigenvalue weighted by Crippen LogP contribution is 2.34. The van der Waals surface area contributed by atoms with Crippen LogP contribution >= 0.6 is 27.3 Å². The molecule has 1 atom stereocenters. The zero-order valence-corrected chi connectivity index (χ0v) is 16.8. The van der Waals surface area contributed by atoms with Gasteiger partial charge in [0.25, 0.3) is 5.91 Å². The van der Waals surface area contributed by atoms with E-state index in [4.69, 9.17) is 9.72 Å². The summed E-state index contributed by atoms with van der Waals surface area (Å²) >= 11 is 5.08. The average molecular weight is 413 g/mol. The van der Waals surface area contributed by atoms with E-state index in [-0.39, 0.29) is 11.9 Å². The highest BCUT2D eigenvalue weighted by atomic mass is 79.9. The van der Waals surface area contributed by atoms with Gasteiger partial charge in [0, 0.05) is 15.9 Å². The summed E-state index contributed by atoms with van der Waals surface area (Å²) in [4.78, 5) is 17.6. The molecular formula is C17H23BrN3O2S+. The molecule has 1 heterocycles. The summed E-state index contributed by atoms with van der Waals surface area (Å²) in [7, 11) is 3.66. The number of halogens is 1. The van der Waals surface area contributed by atoms with Crippen LogP contribution in [0.15, 0.2) is 28.1 Å².